The van der Waals surface area contributed by atoms with Crippen molar-refractivity contribution >= 4 is 0 Å². The van der Waals surface area contributed by atoms with Crippen LogP contribution in [0.5, 0.6) is 0 Å². The molecule has 0 saturated carbocycles. The molecule has 0 spiro atoms. The van der Waals surface area contributed by atoms with E-state index < -0.39 is 0 Å². The minimum Gasteiger partial charge on any atom is -0.377 e. The maximum Gasteiger partial charge on any atom is 0.0629 e. The maximum atomic E-state index is 5.88. The summed E-state index contributed by atoms with van der Waals surface area (Å²) in [4.78, 5) is 5.31. The van der Waals surface area contributed by atoms with Crippen LogP contribution in [0, 0.1) is 53.3 Å². The van der Waals surface area contributed by atoms with Crippen molar-refractivity contribution in [1.82, 2.24) is 9.80 Å². The first-order chi connectivity index (χ1) is 19.6. The van der Waals surface area contributed by atoms with Crippen LogP contribution in [0.3, 0.4) is 0 Å². The zero-order valence-electron chi connectivity index (χ0n) is 31.7. The molecule has 2 fully saturated rings. The van der Waals surface area contributed by atoms with Gasteiger partial charge in [-0.2, -0.15) is 0 Å². The number of nitrogens with zero attached hydrogens (tertiary/aromatic N) is 2. The van der Waals surface area contributed by atoms with Gasteiger partial charge in [0.2, 0.25) is 0 Å². The highest BCUT2D eigenvalue weighted by Gasteiger charge is 2.36. The molecule has 4 nitrogen and oxygen atoms in total. The van der Waals surface area contributed by atoms with Crippen LogP contribution in [0.2, 0.25) is 0 Å². The largest absolute Gasteiger partial charge is 0.377 e. The zero-order chi connectivity index (χ0) is 32.6. The van der Waals surface area contributed by atoms with Gasteiger partial charge in [-0.25, -0.2) is 0 Å². The van der Waals surface area contributed by atoms with Crippen molar-refractivity contribution in [2.75, 3.05) is 45.9 Å². The Morgan fingerprint density at radius 3 is 1.14 bits per heavy atom. The second-order valence-corrected chi connectivity index (χ2v) is 15.9. The molecule has 2 aliphatic rings. The standard InChI is InChI=1S/C18H40N2.2C10H20O/c1-15(2)11-19(12-16(3)4)9-10-20(13-17(5)6)14-18(7)8;1-5-7(2)10-9(4)8(3)6-11-10;1-5-9-7(3)8(4)10(6-2)11-9/h15-18H,9-14H2,1-8H3;2*7-10H,5-6H2,1-4H3. The number of ether oxygens (including phenoxy) is 2. The summed E-state index contributed by atoms with van der Waals surface area (Å²) >= 11 is 0. The highest BCUT2D eigenvalue weighted by molar-refractivity contribution is 4.84. The molecule has 42 heavy (non-hydrogen) atoms. The van der Waals surface area contributed by atoms with E-state index in [1.54, 1.807) is 0 Å². The zero-order valence-corrected chi connectivity index (χ0v) is 31.7. The number of hydrogen-bond donors (Lipinski definition) is 0. The van der Waals surface area contributed by atoms with Crippen LogP contribution < -0.4 is 0 Å². The summed E-state index contributed by atoms with van der Waals surface area (Å²) < 4.78 is 11.6. The van der Waals surface area contributed by atoms with E-state index in [0.717, 1.165) is 59.9 Å². The Labute approximate surface area is 266 Å². The van der Waals surface area contributed by atoms with E-state index in [1.165, 1.54) is 58.5 Å². The average molecular weight is 597 g/mol. The van der Waals surface area contributed by atoms with E-state index in [2.05, 4.69) is 121 Å². The van der Waals surface area contributed by atoms with Crippen molar-refractivity contribution in [3.05, 3.63) is 0 Å². The van der Waals surface area contributed by atoms with Gasteiger partial charge in [0.15, 0.2) is 0 Å². The molecule has 4 heteroatoms. The molecule has 0 amide bonds. The Kier molecular flexibility index (Phi) is 22.3. The second-order valence-electron chi connectivity index (χ2n) is 15.9. The van der Waals surface area contributed by atoms with Crippen LogP contribution in [0.4, 0.5) is 0 Å². The Morgan fingerprint density at radius 2 is 0.929 bits per heavy atom. The number of hydrogen-bond acceptors (Lipinski definition) is 4. The normalized spacial score (nSPS) is 28.6. The van der Waals surface area contributed by atoms with Crippen LogP contribution in [0.1, 0.15) is 130 Å². The van der Waals surface area contributed by atoms with Crippen molar-refractivity contribution in [1.29, 1.82) is 0 Å². The Hall–Kier alpha value is -0.160. The summed E-state index contributed by atoms with van der Waals surface area (Å²) in [6, 6.07) is 0. The Balaban J connectivity index is 0.000000645. The molecule has 0 aliphatic carbocycles. The van der Waals surface area contributed by atoms with Gasteiger partial charge < -0.3 is 19.3 Å². The van der Waals surface area contributed by atoms with E-state index in [0.29, 0.717) is 18.3 Å². The lowest BCUT2D eigenvalue weighted by atomic mass is 9.87. The molecule has 2 rings (SSSR count). The van der Waals surface area contributed by atoms with Gasteiger partial charge in [0.05, 0.1) is 18.3 Å². The molecule has 0 aromatic rings. The summed E-state index contributed by atoms with van der Waals surface area (Å²) in [5, 5.41) is 0. The third-order valence-electron chi connectivity index (χ3n) is 9.55. The lowest BCUT2D eigenvalue weighted by molar-refractivity contribution is 0.0272. The van der Waals surface area contributed by atoms with Crippen LogP contribution in [0.15, 0.2) is 0 Å². The van der Waals surface area contributed by atoms with E-state index >= 15 is 0 Å². The lowest BCUT2D eigenvalue weighted by Crippen LogP contribution is -2.41. The van der Waals surface area contributed by atoms with Gasteiger partial charge in [-0.15, -0.1) is 0 Å². The van der Waals surface area contributed by atoms with Gasteiger partial charge in [-0.3, -0.25) is 0 Å². The van der Waals surface area contributed by atoms with Crippen molar-refractivity contribution in [3.63, 3.8) is 0 Å². The Morgan fingerprint density at radius 1 is 0.571 bits per heavy atom. The predicted octanol–water partition coefficient (Wildman–Crippen LogP) is 9.76. The minimum absolute atomic E-state index is 0.523. The van der Waals surface area contributed by atoms with Gasteiger partial charge in [-0.1, -0.05) is 117 Å². The molecule has 0 radical (unpaired) electrons. The summed E-state index contributed by atoms with van der Waals surface area (Å²) in [5.74, 6) is 6.80. The highest BCUT2D eigenvalue weighted by atomic mass is 16.5. The SMILES string of the molecule is CC(C)CN(CCN(CC(C)C)CC(C)C)CC(C)C.CCC(C)C1OCC(C)C1C.CCC1OC(CC)C(C)C1C. The quantitative estimate of drug-likeness (QED) is 0.188. The summed E-state index contributed by atoms with van der Waals surface area (Å²) in [5.41, 5.74) is 0. The average Bonchev–Trinajstić information content (AvgIpc) is 3.38. The molecule has 0 aromatic carbocycles. The van der Waals surface area contributed by atoms with E-state index in [9.17, 15) is 0 Å². The summed E-state index contributed by atoms with van der Waals surface area (Å²) in [7, 11) is 0. The van der Waals surface area contributed by atoms with E-state index in [-0.39, 0.29) is 0 Å². The Bertz CT molecular complexity index is 575. The maximum absolute atomic E-state index is 5.88. The molecular formula is C38H80N2O2. The van der Waals surface area contributed by atoms with Gasteiger partial charge >= 0.3 is 0 Å². The molecule has 2 aliphatic heterocycles. The molecular weight excluding hydrogens is 516 g/mol. The van der Waals surface area contributed by atoms with Crippen LogP contribution in [-0.4, -0.2) is 74.0 Å². The summed E-state index contributed by atoms with van der Waals surface area (Å²) in [6.45, 7) is 45.1. The lowest BCUT2D eigenvalue weighted by Gasteiger charge is -2.31. The third kappa shape index (κ3) is 16.8. The molecule has 8 atom stereocenters. The second kappa shape index (κ2) is 22.4. The topological polar surface area (TPSA) is 24.9 Å². The van der Waals surface area contributed by atoms with Crippen molar-refractivity contribution in [3.8, 4) is 0 Å². The molecule has 2 saturated heterocycles. The molecule has 8 unspecified atom stereocenters. The predicted molar refractivity (Wildman–Crippen MR) is 187 cm³/mol. The van der Waals surface area contributed by atoms with Gasteiger partial charge in [-0.05, 0) is 66.1 Å². The van der Waals surface area contributed by atoms with E-state index in [1.807, 2.05) is 0 Å². The summed E-state index contributed by atoms with van der Waals surface area (Å²) in [6.07, 6.45) is 5.14. The smallest absolute Gasteiger partial charge is 0.0629 e. The van der Waals surface area contributed by atoms with Crippen molar-refractivity contribution < 1.29 is 9.47 Å². The highest BCUT2D eigenvalue weighted by Crippen LogP contribution is 2.35. The number of rotatable bonds is 15. The molecule has 0 aromatic heterocycles. The van der Waals surface area contributed by atoms with Gasteiger partial charge in [0.25, 0.3) is 0 Å². The van der Waals surface area contributed by atoms with Crippen molar-refractivity contribution in [2.45, 2.75) is 148 Å². The first kappa shape index (κ1) is 41.8. The first-order valence-electron chi connectivity index (χ1n) is 18.3. The fourth-order valence-electron chi connectivity index (χ4n) is 6.75. The van der Waals surface area contributed by atoms with Gasteiger partial charge in [0, 0.05) is 45.9 Å². The van der Waals surface area contributed by atoms with Crippen LogP contribution >= 0.6 is 0 Å². The van der Waals surface area contributed by atoms with Crippen molar-refractivity contribution in [2.24, 2.45) is 53.3 Å². The third-order valence-corrected chi connectivity index (χ3v) is 9.55. The first-order valence-corrected chi connectivity index (χ1v) is 18.3. The molecule has 0 N–H and O–H groups in total. The molecule has 0 bridgehead atoms. The fraction of sp³-hybridized carbons (Fsp3) is 1.00. The fourth-order valence-corrected chi connectivity index (χ4v) is 6.75. The molecule has 2 heterocycles. The minimum atomic E-state index is 0.523. The molecule has 254 valence electrons. The van der Waals surface area contributed by atoms with E-state index in [4.69, 9.17) is 9.47 Å². The van der Waals surface area contributed by atoms with Crippen LogP contribution in [-0.2, 0) is 9.47 Å². The van der Waals surface area contributed by atoms with Gasteiger partial charge in [0.1, 0.15) is 0 Å². The van der Waals surface area contributed by atoms with Crippen LogP contribution in [0.25, 0.3) is 0 Å². The monoisotopic (exact) mass is 597 g/mol.